The third-order valence-electron chi connectivity index (χ3n) is 1.85. The van der Waals surface area contributed by atoms with Crippen molar-refractivity contribution >= 4 is 23.5 Å². The lowest BCUT2D eigenvalue weighted by Crippen LogP contribution is -2.00. The largest absolute Gasteiger partial charge is 0.335 e. The fraction of sp³-hybridized carbons (Fsp3) is 0.500. The van der Waals surface area contributed by atoms with Gasteiger partial charge in [-0.3, -0.25) is 4.57 Å². The van der Waals surface area contributed by atoms with Gasteiger partial charge >= 0.3 is 7.60 Å². The van der Waals surface area contributed by atoms with Crippen molar-refractivity contribution in [3.8, 4) is 0 Å². The van der Waals surface area contributed by atoms with Gasteiger partial charge in [-0.1, -0.05) is 6.07 Å². The average Bonchev–Trinajstić information content (AvgIpc) is 2.22. The zero-order valence-electron chi connectivity index (χ0n) is 9.35. The Morgan fingerprint density at radius 1 is 1.38 bits per heavy atom. The fourth-order valence-corrected chi connectivity index (χ4v) is 3.59. The van der Waals surface area contributed by atoms with Gasteiger partial charge in [0, 0.05) is 6.20 Å². The number of rotatable bonds is 6. The molecule has 0 aromatic carbocycles. The first-order chi connectivity index (χ1) is 7.61. The maximum absolute atomic E-state index is 12.2. The van der Waals surface area contributed by atoms with Gasteiger partial charge in [0.1, 0.15) is 4.60 Å². The van der Waals surface area contributed by atoms with E-state index in [1.165, 1.54) is 0 Å². The van der Waals surface area contributed by atoms with Crippen LogP contribution in [0.5, 0.6) is 0 Å². The van der Waals surface area contributed by atoms with E-state index in [0.717, 1.165) is 5.56 Å². The van der Waals surface area contributed by atoms with Crippen LogP contribution in [0.1, 0.15) is 19.4 Å². The average molecular weight is 308 g/mol. The number of aromatic nitrogens is 1. The minimum Gasteiger partial charge on any atom is -0.309 e. The Kier molecular flexibility index (Phi) is 5.62. The number of halogens is 1. The van der Waals surface area contributed by atoms with Crippen LogP contribution in [0.3, 0.4) is 0 Å². The monoisotopic (exact) mass is 307 g/mol. The lowest BCUT2D eigenvalue weighted by atomic mass is 10.3. The summed E-state index contributed by atoms with van der Waals surface area (Å²) >= 11 is 3.31. The van der Waals surface area contributed by atoms with Gasteiger partial charge in [0.15, 0.2) is 0 Å². The van der Waals surface area contributed by atoms with Gasteiger partial charge < -0.3 is 9.05 Å². The molecule has 0 radical (unpaired) electrons. The molecule has 0 N–H and O–H groups in total. The molecule has 90 valence electrons. The second kappa shape index (κ2) is 6.50. The van der Waals surface area contributed by atoms with Crippen LogP contribution in [0, 0.1) is 0 Å². The molecule has 0 unspecified atom stereocenters. The van der Waals surface area contributed by atoms with E-state index in [-0.39, 0.29) is 6.16 Å². The highest BCUT2D eigenvalue weighted by Crippen LogP contribution is 2.51. The molecule has 6 heteroatoms. The van der Waals surface area contributed by atoms with E-state index in [9.17, 15) is 4.57 Å². The molecule has 1 aromatic heterocycles. The Labute approximate surface area is 104 Å². The molecule has 4 nitrogen and oxygen atoms in total. The Bertz CT molecular complexity index is 376. The molecule has 0 aliphatic heterocycles. The van der Waals surface area contributed by atoms with Crippen LogP contribution in [0.4, 0.5) is 0 Å². The van der Waals surface area contributed by atoms with Crippen molar-refractivity contribution in [2.24, 2.45) is 0 Å². The van der Waals surface area contributed by atoms with E-state index in [4.69, 9.17) is 9.05 Å². The van der Waals surface area contributed by atoms with Crippen LogP contribution in [0.15, 0.2) is 22.9 Å². The molecule has 0 aliphatic rings. The maximum atomic E-state index is 12.2. The highest BCUT2D eigenvalue weighted by molar-refractivity contribution is 9.10. The molecule has 1 aromatic rings. The number of pyridine rings is 1. The number of hydrogen-bond acceptors (Lipinski definition) is 4. The van der Waals surface area contributed by atoms with E-state index in [0.29, 0.717) is 17.8 Å². The second-order valence-corrected chi connectivity index (χ2v) is 5.86. The minimum absolute atomic E-state index is 0.239. The highest BCUT2D eigenvalue weighted by atomic mass is 79.9. The van der Waals surface area contributed by atoms with Crippen molar-refractivity contribution in [1.82, 2.24) is 4.98 Å². The van der Waals surface area contributed by atoms with Crippen LogP contribution in [-0.4, -0.2) is 18.2 Å². The van der Waals surface area contributed by atoms with E-state index in [1.807, 2.05) is 6.07 Å². The van der Waals surface area contributed by atoms with Crippen molar-refractivity contribution in [2.75, 3.05) is 13.2 Å². The molecular weight excluding hydrogens is 293 g/mol. The highest BCUT2D eigenvalue weighted by Gasteiger charge is 2.25. The quantitative estimate of drug-likeness (QED) is 0.595. The molecule has 16 heavy (non-hydrogen) atoms. The summed E-state index contributed by atoms with van der Waals surface area (Å²) < 4.78 is 23.3. The lowest BCUT2D eigenvalue weighted by Gasteiger charge is -2.17. The Morgan fingerprint density at radius 3 is 2.50 bits per heavy atom. The SMILES string of the molecule is CCOP(=O)(Cc1cccnc1Br)OCC. The van der Waals surface area contributed by atoms with Crippen molar-refractivity contribution in [3.63, 3.8) is 0 Å². The summed E-state index contributed by atoms with van der Waals surface area (Å²) in [5, 5.41) is 0. The molecular formula is C10H15BrNO3P. The van der Waals surface area contributed by atoms with Crippen molar-refractivity contribution in [2.45, 2.75) is 20.0 Å². The normalized spacial score (nSPS) is 11.7. The number of nitrogens with zero attached hydrogens (tertiary/aromatic N) is 1. The van der Waals surface area contributed by atoms with Gasteiger partial charge in [-0.2, -0.15) is 0 Å². The third-order valence-corrected chi connectivity index (χ3v) is 4.60. The topological polar surface area (TPSA) is 48.4 Å². The van der Waals surface area contributed by atoms with E-state index < -0.39 is 7.60 Å². The summed E-state index contributed by atoms with van der Waals surface area (Å²) in [5.74, 6) is 0. The standard InChI is InChI=1S/C10H15BrNO3P/c1-3-14-16(13,15-4-2)8-9-6-5-7-12-10(9)11/h5-7H,3-4,8H2,1-2H3. The Morgan fingerprint density at radius 2 is 2.00 bits per heavy atom. The minimum atomic E-state index is -3.04. The summed E-state index contributed by atoms with van der Waals surface area (Å²) in [4.78, 5) is 4.07. The molecule has 0 spiro atoms. The first-order valence-corrected chi connectivity index (χ1v) is 7.61. The second-order valence-electron chi connectivity index (χ2n) is 3.06. The molecule has 0 saturated carbocycles. The molecule has 1 rings (SSSR count). The molecule has 0 saturated heterocycles. The van der Waals surface area contributed by atoms with Crippen molar-refractivity contribution in [3.05, 3.63) is 28.5 Å². The van der Waals surface area contributed by atoms with Crippen LogP contribution in [0.2, 0.25) is 0 Å². The zero-order chi connectivity index (χ0) is 12.0. The molecule has 0 aliphatic carbocycles. The number of hydrogen-bond donors (Lipinski definition) is 0. The van der Waals surface area contributed by atoms with Gasteiger partial charge in [-0.05, 0) is 41.4 Å². The van der Waals surface area contributed by atoms with Crippen molar-refractivity contribution < 1.29 is 13.6 Å². The van der Waals surface area contributed by atoms with Gasteiger partial charge in [0.05, 0.1) is 19.4 Å². The van der Waals surface area contributed by atoms with E-state index >= 15 is 0 Å². The summed E-state index contributed by atoms with van der Waals surface area (Å²) in [6.45, 7) is 4.33. The van der Waals surface area contributed by atoms with Crippen LogP contribution in [0.25, 0.3) is 0 Å². The summed E-state index contributed by atoms with van der Waals surface area (Å²) in [6.07, 6.45) is 1.91. The molecule has 1 heterocycles. The Hall–Kier alpha value is -0.220. The first kappa shape index (κ1) is 13.8. The zero-order valence-corrected chi connectivity index (χ0v) is 11.8. The predicted molar refractivity (Wildman–Crippen MR) is 66.5 cm³/mol. The van der Waals surface area contributed by atoms with Crippen molar-refractivity contribution in [1.29, 1.82) is 0 Å². The molecule has 0 bridgehead atoms. The summed E-state index contributed by atoms with van der Waals surface area (Å²) in [5.41, 5.74) is 0.827. The van der Waals surface area contributed by atoms with Gasteiger partial charge in [0.25, 0.3) is 0 Å². The Balaban J connectivity index is 2.83. The van der Waals surface area contributed by atoms with Gasteiger partial charge in [0.2, 0.25) is 0 Å². The first-order valence-electron chi connectivity index (χ1n) is 5.09. The summed E-state index contributed by atoms with van der Waals surface area (Å²) in [6, 6.07) is 3.64. The lowest BCUT2D eigenvalue weighted by molar-refractivity contribution is 0.219. The molecule has 0 amide bonds. The smallest absolute Gasteiger partial charge is 0.309 e. The van der Waals surface area contributed by atoms with E-state index in [1.54, 1.807) is 26.1 Å². The summed E-state index contributed by atoms with van der Waals surface area (Å²) in [7, 11) is -3.04. The predicted octanol–water partition coefficient (Wildman–Crippen LogP) is 3.61. The molecule has 0 atom stereocenters. The van der Waals surface area contributed by atoms with E-state index in [2.05, 4.69) is 20.9 Å². The van der Waals surface area contributed by atoms with Crippen LogP contribution in [-0.2, 0) is 19.8 Å². The van der Waals surface area contributed by atoms with Crippen LogP contribution >= 0.6 is 23.5 Å². The maximum Gasteiger partial charge on any atom is 0.335 e. The third kappa shape index (κ3) is 3.98. The molecule has 0 fully saturated rings. The fourth-order valence-electron chi connectivity index (χ4n) is 1.27. The van der Waals surface area contributed by atoms with Gasteiger partial charge in [-0.15, -0.1) is 0 Å². The van der Waals surface area contributed by atoms with Gasteiger partial charge in [-0.25, -0.2) is 4.98 Å². The van der Waals surface area contributed by atoms with Crippen LogP contribution < -0.4 is 0 Å².